The van der Waals surface area contributed by atoms with Gasteiger partial charge in [0.1, 0.15) is 11.8 Å². The Bertz CT molecular complexity index is 604. The fraction of sp³-hybridized carbons (Fsp3) is 0.500. The smallest absolute Gasteiger partial charge is 0.326 e. The molecule has 0 bridgehead atoms. The zero-order chi connectivity index (χ0) is 17.7. The van der Waals surface area contributed by atoms with Gasteiger partial charge in [-0.1, -0.05) is 0 Å². The van der Waals surface area contributed by atoms with Crippen LogP contribution >= 0.6 is 0 Å². The van der Waals surface area contributed by atoms with E-state index in [1.165, 1.54) is 13.0 Å². The third-order valence-corrected chi connectivity index (χ3v) is 3.80. The maximum atomic E-state index is 13.1. The van der Waals surface area contributed by atoms with Crippen LogP contribution in [0.2, 0.25) is 0 Å². The Morgan fingerprint density at radius 3 is 2.71 bits per heavy atom. The SMILES string of the molecule is CC(Oc1ccc(F)c(F)c1)C(=O)NC(C(=O)O)C1CCCOC1. The first-order chi connectivity index (χ1) is 11.4. The Hall–Kier alpha value is -2.22. The number of amides is 1. The van der Waals surface area contributed by atoms with Gasteiger partial charge in [0, 0.05) is 18.6 Å². The Labute approximate surface area is 137 Å². The van der Waals surface area contributed by atoms with Gasteiger partial charge < -0.3 is 19.9 Å². The summed E-state index contributed by atoms with van der Waals surface area (Å²) in [4.78, 5) is 23.5. The molecule has 2 N–H and O–H groups in total. The summed E-state index contributed by atoms with van der Waals surface area (Å²) in [5, 5.41) is 11.7. The average molecular weight is 343 g/mol. The number of halogens is 2. The van der Waals surface area contributed by atoms with Crippen molar-refractivity contribution in [2.24, 2.45) is 5.92 Å². The molecule has 6 nitrogen and oxygen atoms in total. The van der Waals surface area contributed by atoms with Gasteiger partial charge in [-0.2, -0.15) is 0 Å². The van der Waals surface area contributed by atoms with E-state index < -0.39 is 35.7 Å². The molecule has 8 heteroatoms. The lowest BCUT2D eigenvalue weighted by molar-refractivity contribution is -0.146. The van der Waals surface area contributed by atoms with Gasteiger partial charge in [-0.3, -0.25) is 4.79 Å². The van der Waals surface area contributed by atoms with Crippen molar-refractivity contribution >= 4 is 11.9 Å². The molecule has 1 amide bonds. The van der Waals surface area contributed by atoms with Gasteiger partial charge in [0.15, 0.2) is 17.7 Å². The van der Waals surface area contributed by atoms with Crippen LogP contribution < -0.4 is 10.1 Å². The second-order valence-corrected chi connectivity index (χ2v) is 5.64. The molecule has 3 unspecified atom stereocenters. The number of carboxylic acids is 1. The van der Waals surface area contributed by atoms with Crippen LogP contribution in [0.4, 0.5) is 8.78 Å². The maximum absolute atomic E-state index is 13.1. The summed E-state index contributed by atoms with van der Waals surface area (Å²) in [7, 11) is 0. The van der Waals surface area contributed by atoms with Crippen LogP contribution in [0.15, 0.2) is 18.2 Å². The maximum Gasteiger partial charge on any atom is 0.326 e. The first-order valence-corrected chi connectivity index (χ1v) is 7.61. The summed E-state index contributed by atoms with van der Waals surface area (Å²) in [6.45, 7) is 2.23. The van der Waals surface area contributed by atoms with Gasteiger partial charge >= 0.3 is 5.97 Å². The van der Waals surface area contributed by atoms with Crippen molar-refractivity contribution in [1.29, 1.82) is 0 Å². The number of hydrogen-bond donors (Lipinski definition) is 2. The molecule has 24 heavy (non-hydrogen) atoms. The molecule has 1 aromatic carbocycles. The number of aliphatic carboxylic acids is 1. The molecule has 0 saturated carbocycles. The van der Waals surface area contributed by atoms with Crippen LogP contribution in [-0.4, -0.2) is 42.3 Å². The van der Waals surface area contributed by atoms with E-state index in [9.17, 15) is 23.5 Å². The quantitative estimate of drug-likeness (QED) is 0.822. The second kappa shape index (κ2) is 8.05. The highest BCUT2D eigenvalue weighted by Crippen LogP contribution is 2.19. The summed E-state index contributed by atoms with van der Waals surface area (Å²) in [6.07, 6.45) is 0.294. The largest absolute Gasteiger partial charge is 0.481 e. The van der Waals surface area contributed by atoms with Gasteiger partial charge in [0.2, 0.25) is 0 Å². The van der Waals surface area contributed by atoms with Crippen molar-refractivity contribution in [2.75, 3.05) is 13.2 Å². The zero-order valence-electron chi connectivity index (χ0n) is 13.1. The summed E-state index contributed by atoms with van der Waals surface area (Å²) in [5.41, 5.74) is 0. The minimum atomic E-state index is -1.15. The van der Waals surface area contributed by atoms with Gasteiger partial charge in [-0.15, -0.1) is 0 Å². The van der Waals surface area contributed by atoms with E-state index in [1.807, 2.05) is 0 Å². The van der Waals surface area contributed by atoms with Crippen molar-refractivity contribution in [3.05, 3.63) is 29.8 Å². The van der Waals surface area contributed by atoms with Crippen molar-refractivity contribution in [3.8, 4) is 5.75 Å². The molecule has 1 aromatic rings. The molecule has 0 aliphatic carbocycles. The predicted octanol–water partition coefficient (Wildman–Crippen LogP) is 1.73. The van der Waals surface area contributed by atoms with Crippen LogP contribution in [0.3, 0.4) is 0 Å². The van der Waals surface area contributed by atoms with Crippen molar-refractivity contribution in [2.45, 2.75) is 31.9 Å². The zero-order valence-corrected chi connectivity index (χ0v) is 13.1. The minimum absolute atomic E-state index is 0.0237. The minimum Gasteiger partial charge on any atom is -0.481 e. The van der Waals surface area contributed by atoms with Gasteiger partial charge in [-0.25, -0.2) is 13.6 Å². The highest BCUT2D eigenvalue weighted by molar-refractivity contribution is 5.86. The number of carboxylic acid groups (broad SMARTS) is 1. The highest BCUT2D eigenvalue weighted by atomic mass is 19.2. The summed E-state index contributed by atoms with van der Waals surface area (Å²) in [6, 6.07) is 1.80. The molecule has 1 aliphatic rings. The number of rotatable bonds is 6. The molecular weight excluding hydrogens is 324 g/mol. The van der Waals surface area contributed by atoms with E-state index in [2.05, 4.69) is 5.32 Å². The van der Waals surface area contributed by atoms with E-state index in [4.69, 9.17) is 9.47 Å². The Balaban J connectivity index is 1.97. The van der Waals surface area contributed by atoms with E-state index in [0.29, 0.717) is 13.0 Å². The predicted molar refractivity (Wildman–Crippen MR) is 79.6 cm³/mol. The Morgan fingerprint density at radius 2 is 2.12 bits per heavy atom. The summed E-state index contributed by atoms with van der Waals surface area (Å²) in [5.74, 6) is -4.28. The number of hydrogen-bond acceptors (Lipinski definition) is 4. The summed E-state index contributed by atoms with van der Waals surface area (Å²) < 4.78 is 36.5. The lowest BCUT2D eigenvalue weighted by Gasteiger charge is -2.28. The Kier molecular flexibility index (Phi) is 6.08. The van der Waals surface area contributed by atoms with Crippen LogP contribution in [0.5, 0.6) is 5.75 Å². The molecule has 132 valence electrons. The van der Waals surface area contributed by atoms with Crippen molar-refractivity contribution < 1.29 is 33.0 Å². The van der Waals surface area contributed by atoms with Crippen LogP contribution in [0.25, 0.3) is 0 Å². The normalized spacial score (nSPS) is 20.0. The van der Waals surface area contributed by atoms with E-state index in [0.717, 1.165) is 18.6 Å². The number of carbonyl (C=O) groups is 2. The monoisotopic (exact) mass is 343 g/mol. The Morgan fingerprint density at radius 1 is 1.38 bits per heavy atom. The molecule has 0 radical (unpaired) electrons. The average Bonchev–Trinajstić information content (AvgIpc) is 2.56. The molecule has 1 saturated heterocycles. The van der Waals surface area contributed by atoms with Crippen molar-refractivity contribution in [3.63, 3.8) is 0 Å². The third kappa shape index (κ3) is 4.64. The second-order valence-electron chi connectivity index (χ2n) is 5.64. The van der Waals surface area contributed by atoms with Crippen LogP contribution in [-0.2, 0) is 14.3 Å². The number of carbonyl (C=O) groups excluding carboxylic acids is 1. The first-order valence-electron chi connectivity index (χ1n) is 7.61. The van der Waals surface area contributed by atoms with Crippen LogP contribution in [0, 0.1) is 17.6 Å². The molecule has 0 spiro atoms. The molecular formula is C16H19F2NO5. The highest BCUT2D eigenvalue weighted by Gasteiger charge is 2.32. The van der Waals surface area contributed by atoms with E-state index in [-0.39, 0.29) is 18.3 Å². The van der Waals surface area contributed by atoms with Crippen LogP contribution in [0.1, 0.15) is 19.8 Å². The lowest BCUT2D eigenvalue weighted by atomic mass is 9.93. The fourth-order valence-electron chi connectivity index (χ4n) is 2.49. The van der Waals surface area contributed by atoms with E-state index in [1.54, 1.807) is 0 Å². The standard InChI is InChI=1S/C16H19F2NO5/c1-9(24-11-4-5-12(17)13(18)7-11)15(20)19-14(16(21)22)10-3-2-6-23-8-10/h4-5,7,9-10,14H,2-3,6,8H2,1H3,(H,19,20)(H,21,22). The fourth-order valence-corrected chi connectivity index (χ4v) is 2.49. The van der Waals surface area contributed by atoms with Gasteiger partial charge in [-0.05, 0) is 31.9 Å². The van der Waals surface area contributed by atoms with Gasteiger partial charge in [0.25, 0.3) is 5.91 Å². The molecule has 1 aliphatic heterocycles. The first kappa shape index (κ1) is 18.1. The molecule has 1 heterocycles. The molecule has 1 fully saturated rings. The number of benzene rings is 1. The molecule has 3 atom stereocenters. The number of ether oxygens (including phenoxy) is 2. The number of nitrogens with one attached hydrogen (secondary N) is 1. The third-order valence-electron chi connectivity index (χ3n) is 3.80. The molecule has 2 rings (SSSR count). The topological polar surface area (TPSA) is 84.9 Å². The van der Waals surface area contributed by atoms with Crippen molar-refractivity contribution in [1.82, 2.24) is 5.32 Å². The molecule has 0 aromatic heterocycles. The van der Waals surface area contributed by atoms with Gasteiger partial charge in [0.05, 0.1) is 6.61 Å². The van der Waals surface area contributed by atoms with E-state index >= 15 is 0 Å². The summed E-state index contributed by atoms with van der Waals surface area (Å²) >= 11 is 0. The lowest BCUT2D eigenvalue weighted by Crippen LogP contribution is -2.51.